The van der Waals surface area contributed by atoms with Crippen LogP contribution in [0.25, 0.3) is 0 Å². The van der Waals surface area contributed by atoms with Gasteiger partial charge in [0, 0.05) is 42.3 Å². The molecule has 0 bridgehead atoms. The fourth-order valence-corrected chi connectivity index (χ4v) is 3.22. The molecule has 1 aliphatic carbocycles. The Labute approximate surface area is 171 Å². The lowest BCUT2D eigenvalue weighted by atomic mass is 9.54. The predicted octanol–water partition coefficient (Wildman–Crippen LogP) is 1.71. The van der Waals surface area contributed by atoms with Crippen molar-refractivity contribution < 1.29 is 23.8 Å². The molecule has 8 nitrogen and oxygen atoms in total. The minimum atomic E-state index is -1.06. The second kappa shape index (κ2) is 9.45. The monoisotopic (exact) mass is 415 g/mol. The zero-order valence-corrected chi connectivity index (χ0v) is 17.8. The summed E-state index contributed by atoms with van der Waals surface area (Å²) < 4.78 is 16.0. The van der Waals surface area contributed by atoms with Gasteiger partial charge in [-0.05, 0) is 6.92 Å². The van der Waals surface area contributed by atoms with Crippen molar-refractivity contribution in [3.05, 3.63) is 18.2 Å². The van der Waals surface area contributed by atoms with Gasteiger partial charge in [-0.25, -0.2) is 0 Å². The third-order valence-electron chi connectivity index (χ3n) is 5.28. The molecule has 1 fully saturated rings. The molecule has 0 aromatic heterocycles. The number of hydrogen-bond donors (Lipinski definition) is 3. The molecule has 0 radical (unpaired) electrons. The van der Waals surface area contributed by atoms with Gasteiger partial charge in [0.2, 0.25) is 11.8 Å². The van der Waals surface area contributed by atoms with Crippen LogP contribution in [0.1, 0.15) is 27.2 Å². The second-order valence-corrected chi connectivity index (χ2v) is 7.17. The molecule has 1 aliphatic rings. The van der Waals surface area contributed by atoms with Gasteiger partial charge in [0.15, 0.2) is 0 Å². The number of carbonyl (C=O) groups is 2. The zero-order chi connectivity index (χ0) is 20.2. The Morgan fingerprint density at radius 2 is 1.75 bits per heavy atom. The normalized spacial score (nSPS) is 22.3. The molecular weight excluding hydrogens is 386 g/mol. The minimum Gasteiger partial charge on any atom is -0.497 e. The van der Waals surface area contributed by atoms with Gasteiger partial charge in [-0.3, -0.25) is 9.59 Å². The summed E-state index contributed by atoms with van der Waals surface area (Å²) in [5, 5.41) is 5.33. The van der Waals surface area contributed by atoms with E-state index < -0.39 is 11.0 Å². The van der Waals surface area contributed by atoms with E-state index in [0.29, 0.717) is 30.2 Å². The zero-order valence-electron chi connectivity index (χ0n) is 17.0. The fraction of sp³-hybridized carbons (Fsp3) is 0.579. The topological polar surface area (TPSA) is 112 Å². The highest BCUT2D eigenvalue weighted by Crippen LogP contribution is 2.49. The number of hydrogen-bond acceptors (Lipinski definition) is 6. The first-order chi connectivity index (χ1) is 12.7. The van der Waals surface area contributed by atoms with E-state index >= 15 is 0 Å². The fourth-order valence-electron chi connectivity index (χ4n) is 3.22. The van der Waals surface area contributed by atoms with Crippen molar-refractivity contribution in [3.8, 4) is 11.5 Å². The van der Waals surface area contributed by atoms with Crippen LogP contribution in [0.4, 0.5) is 5.69 Å². The first-order valence-electron chi connectivity index (χ1n) is 8.89. The van der Waals surface area contributed by atoms with Crippen molar-refractivity contribution in [3.63, 3.8) is 0 Å². The maximum absolute atomic E-state index is 12.6. The smallest absolute Gasteiger partial charge is 0.243 e. The van der Waals surface area contributed by atoms with E-state index in [1.165, 1.54) is 14.2 Å². The highest BCUT2D eigenvalue weighted by atomic mass is 35.5. The first-order valence-corrected chi connectivity index (χ1v) is 8.89. The summed E-state index contributed by atoms with van der Waals surface area (Å²) in [5.74, 6) is 0.364. The molecule has 4 N–H and O–H groups in total. The predicted molar refractivity (Wildman–Crippen MR) is 109 cm³/mol. The molecule has 2 amide bonds. The number of methoxy groups -OCH3 is 2. The van der Waals surface area contributed by atoms with Gasteiger partial charge >= 0.3 is 0 Å². The SMILES string of the molecule is CCOC1CC(N)(C(=O)NCC(=O)Nc2cc(OC)cc(OC)c2)C1(C)C.Cl. The van der Waals surface area contributed by atoms with E-state index in [9.17, 15) is 9.59 Å². The summed E-state index contributed by atoms with van der Waals surface area (Å²) in [7, 11) is 3.05. The average molecular weight is 416 g/mol. The highest BCUT2D eigenvalue weighted by molar-refractivity contribution is 5.97. The van der Waals surface area contributed by atoms with Crippen molar-refractivity contribution in [2.75, 3.05) is 32.7 Å². The lowest BCUT2D eigenvalue weighted by molar-refractivity contribution is -0.170. The number of benzene rings is 1. The number of nitrogens with one attached hydrogen (secondary N) is 2. The Bertz CT molecular complexity index is 691. The summed E-state index contributed by atoms with van der Waals surface area (Å²) in [6.45, 7) is 6.09. The van der Waals surface area contributed by atoms with Crippen LogP contribution < -0.4 is 25.8 Å². The van der Waals surface area contributed by atoms with Gasteiger partial charge in [0.1, 0.15) is 17.0 Å². The van der Waals surface area contributed by atoms with E-state index in [4.69, 9.17) is 19.9 Å². The van der Waals surface area contributed by atoms with Gasteiger partial charge in [-0.15, -0.1) is 12.4 Å². The summed E-state index contributed by atoms with van der Waals surface area (Å²) in [5.41, 5.74) is 5.24. The van der Waals surface area contributed by atoms with E-state index in [1.54, 1.807) is 18.2 Å². The second-order valence-electron chi connectivity index (χ2n) is 7.17. The maximum Gasteiger partial charge on any atom is 0.243 e. The van der Waals surface area contributed by atoms with Crippen LogP contribution in [-0.4, -0.2) is 50.8 Å². The van der Waals surface area contributed by atoms with Crippen molar-refractivity contribution in [1.82, 2.24) is 5.32 Å². The Balaban J connectivity index is 0.00000392. The highest BCUT2D eigenvalue weighted by Gasteiger charge is 2.62. The minimum absolute atomic E-state index is 0. The Kier molecular flexibility index (Phi) is 8.10. The quantitative estimate of drug-likeness (QED) is 0.596. The molecule has 2 atom stereocenters. The lowest BCUT2D eigenvalue weighted by Crippen LogP contribution is -2.76. The molecule has 1 saturated carbocycles. The number of carbonyl (C=O) groups excluding carboxylic acids is 2. The summed E-state index contributed by atoms with van der Waals surface area (Å²) >= 11 is 0. The molecule has 28 heavy (non-hydrogen) atoms. The number of rotatable bonds is 8. The molecule has 2 unspecified atom stereocenters. The van der Waals surface area contributed by atoms with Crippen LogP contribution in [0.2, 0.25) is 0 Å². The Morgan fingerprint density at radius 3 is 2.21 bits per heavy atom. The van der Waals surface area contributed by atoms with Crippen molar-refractivity contribution in [1.29, 1.82) is 0 Å². The third kappa shape index (κ3) is 4.68. The number of halogens is 1. The summed E-state index contributed by atoms with van der Waals surface area (Å²) in [6.07, 6.45) is 0.352. The van der Waals surface area contributed by atoms with Crippen molar-refractivity contribution in [2.45, 2.75) is 38.8 Å². The summed E-state index contributed by atoms with van der Waals surface area (Å²) in [6, 6.07) is 5.02. The van der Waals surface area contributed by atoms with Gasteiger partial charge in [0.25, 0.3) is 0 Å². The molecule has 0 aliphatic heterocycles. The summed E-state index contributed by atoms with van der Waals surface area (Å²) in [4.78, 5) is 24.8. The standard InChI is InChI=1S/C19H29N3O5.ClH/c1-6-27-15-10-19(20,18(15,2)3)17(24)21-11-16(23)22-12-7-13(25-4)9-14(8-12)26-5;/h7-9,15H,6,10-11,20H2,1-5H3,(H,21,24)(H,22,23);1H. The molecule has 0 spiro atoms. The molecular formula is C19H30ClN3O5. The van der Waals surface area contributed by atoms with Crippen molar-refractivity contribution in [2.24, 2.45) is 11.1 Å². The molecule has 9 heteroatoms. The van der Waals surface area contributed by atoms with Gasteiger partial charge < -0.3 is 30.6 Å². The van der Waals surface area contributed by atoms with Crippen LogP contribution in [0.5, 0.6) is 11.5 Å². The number of amides is 2. The van der Waals surface area contributed by atoms with E-state index in [1.807, 2.05) is 20.8 Å². The van der Waals surface area contributed by atoms with Gasteiger partial charge in [-0.2, -0.15) is 0 Å². The number of nitrogens with two attached hydrogens (primary N) is 1. The lowest BCUT2D eigenvalue weighted by Gasteiger charge is -2.57. The number of ether oxygens (including phenoxy) is 3. The first kappa shape index (κ1) is 24.0. The van der Waals surface area contributed by atoms with Crippen LogP contribution in [0, 0.1) is 5.41 Å². The molecule has 158 valence electrons. The van der Waals surface area contributed by atoms with Crippen LogP contribution in [0.15, 0.2) is 18.2 Å². The molecule has 0 heterocycles. The van der Waals surface area contributed by atoms with Gasteiger partial charge in [0.05, 0.1) is 26.9 Å². The van der Waals surface area contributed by atoms with Crippen LogP contribution in [-0.2, 0) is 14.3 Å². The number of anilines is 1. The molecule has 0 saturated heterocycles. The molecule has 2 rings (SSSR count). The van der Waals surface area contributed by atoms with Crippen LogP contribution >= 0.6 is 12.4 Å². The third-order valence-corrected chi connectivity index (χ3v) is 5.28. The Morgan fingerprint density at radius 1 is 1.18 bits per heavy atom. The van der Waals surface area contributed by atoms with Crippen LogP contribution in [0.3, 0.4) is 0 Å². The average Bonchev–Trinajstić information content (AvgIpc) is 2.65. The van der Waals surface area contributed by atoms with Gasteiger partial charge in [-0.1, -0.05) is 13.8 Å². The Hall–Kier alpha value is -2.03. The van der Waals surface area contributed by atoms with E-state index in [-0.39, 0.29) is 36.9 Å². The molecule has 1 aromatic rings. The molecule has 1 aromatic carbocycles. The van der Waals surface area contributed by atoms with Crippen molar-refractivity contribution >= 4 is 29.9 Å². The van der Waals surface area contributed by atoms with E-state index in [2.05, 4.69) is 10.6 Å². The van der Waals surface area contributed by atoms with E-state index in [0.717, 1.165) is 0 Å². The largest absolute Gasteiger partial charge is 0.497 e. The maximum atomic E-state index is 12.6.